The number of aryl methyl sites for hydroxylation is 2. The van der Waals surface area contributed by atoms with Gasteiger partial charge in [0, 0.05) is 33.7 Å². The molecule has 1 aromatic heterocycles. The Bertz CT molecular complexity index is 973. The number of hydrogen-bond acceptors (Lipinski definition) is 1. The minimum Gasteiger partial charge on any atom is -0.348 e. The van der Waals surface area contributed by atoms with Crippen molar-refractivity contribution in [1.29, 1.82) is 0 Å². The first-order chi connectivity index (χ1) is 13.1. The van der Waals surface area contributed by atoms with Crippen molar-refractivity contribution >= 4 is 21.8 Å². The summed E-state index contributed by atoms with van der Waals surface area (Å²) in [5, 5.41) is 2.99. The van der Waals surface area contributed by atoms with Crippen LogP contribution in [0.1, 0.15) is 45.7 Å². The van der Waals surface area contributed by atoms with Crippen LogP contribution in [0.15, 0.2) is 59.1 Å². The third kappa shape index (κ3) is 3.86. The first kappa shape index (κ1) is 18.1. The number of hydrogen-bond donors (Lipinski definition) is 1. The molecule has 0 saturated carbocycles. The minimum atomic E-state index is -0.0483. The fourth-order valence-electron chi connectivity index (χ4n) is 3.91. The van der Waals surface area contributed by atoms with Crippen molar-refractivity contribution in [3.05, 3.63) is 87.1 Å². The summed E-state index contributed by atoms with van der Waals surface area (Å²) in [5.74, 6) is -0.0483. The Balaban J connectivity index is 1.49. The maximum absolute atomic E-state index is 12.5. The summed E-state index contributed by atoms with van der Waals surface area (Å²) in [5.41, 5.74) is 7.09. The van der Waals surface area contributed by atoms with Crippen LogP contribution in [0.3, 0.4) is 0 Å². The molecule has 2 aromatic carbocycles. The standard InChI is InChI=1S/C23H23BrN2O/c1-16-13-19-6-2-3-8-22(19)26(16)21-11-9-18(10-12-21)23(27)25-15-17-5-4-7-20(24)14-17/h4-5,7,9-14H,2-3,6,8,15H2,1H3,(H,25,27). The lowest BCUT2D eigenvalue weighted by atomic mass is 9.98. The fourth-order valence-corrected chi connectivity index (χ4v) is 4.35. The van der Waals surface area contributed by atoms with E-state index in [4.69, 9.17) is 0 Å². The van der Waals surface area contributed by atoms with Gasteiger partial charge in [-0.25, -0.2) is 0 Å². The number of fused-ring (bicyclic) bond motifs is 1. The number of nitrogens with one attached hydrogen (secondary N) is 1. The van der Waals surface area contributed by atoms with Gasteiger partial charge in [-0.3, -0.25) is 4.79 Å². The molecule has 1 aliphatic carbocycles. The molecule has 4 heteroatoms. The molecule has 3 nitrogen and oxygen atoms in total. The van der Waals surface area contributed by atoms with E-state index in [-0.39, 0.29) is 5.91 Å². The van der Waals surface area contributed by atoms with Crippen LogP contribution >= 0.6 is 15.9 Å². The first-order valence-electron chi connectivity index (χ1n) is 9.45. The van der Waals surface area contributed by atoms with Crippen LogP contribution < -0.4 is 5.32 Å². The summed E-state index contributed by atoms with van der Waals surface area (Å²) in [6.45, 7) is 2.68. The number of aromatic nitrogens is 1. The highest BCUT2D eigenvalue weighted by Gasteiger charge is 2.17. The number of nitrogens with zero attached hydrogens (tertiary/aromatic N) is 1. The highest BCUT2D eigenvalue weighted by atomic mass is 79.9. The van der Waals surface area contributed by atoms with Gasteiger partial charge in [0.05, 0.1) is 0 Å². The van der Waals surface area contributed by atoms with Crippen LogP contribution in [0.25, 0.3) is 5.69 Å². The molecule has 1 N–H and O–H groups in total. The molecule has 0 unspecified atom stereocenters. The Morgan fingerprint density at radius 2 is 1.85 bits per heavy atom. The summed E-state index contributed by atoms with van der Waals surface area (Å²) in [7, 11) is 0. The van der Waals surface area contributed by atoms with E-state index in [1.807, 2.05) is 36.4 Å². The van der Waals surface area contributed by atoms with Crippen molar-refractivity contribution < 1.29 is 4.79 Å². The molecule has 138 valence electrons. The van der Waals surface area contributed by atoms with Crippen LogP contribution in [0.4, 0.5) is 0 Å². The molecule has 0 fully saturated rings. The van der Waals surface area contributed by atoms with E-state index in [9.17, 15) is 4.79 Å². The van der Waals surface area contributed by atoms with E-state index in [0.717, 1.165) is 22.1 Å². The molecule has 0 radical (unpaired) electrons. The first-order valence-corrected chi connectivity index (χ1v) is 10.2. The van der Waals surface area contributed by atoms with Gasteiger partial charge in [-0.05, 0) is 86.2 Å². The molecule has 0 atom stereocenters. The lowest BCUT2D eigenvalue weighted by Gasteiger charge is -2.17. The van der Waals surface area contributed by atoms with Gasteiger partial charge < -0.3 is 9.88 Å². The summed E-state index contributed by atoms with van der Waals surface area (Å²) in [6, 6.07) is 18.2. The van der Waals surface area contributed by atoms with Crippen LogP contribution in [0.2, 0.25) is 0 Å². The third-order valence-corrected chi connectivity index (χ3v) is 5.71. The second kappa shape index (κ2) is 7.73. The topological polar surface area (TPSA) is 34.0 Å². The SMILES string of the molecule is Cc1cc2c(n1-c1ccc(C(=O)NCc3cccc(Br)c3)cc1)CCCC2. The lowest BCUT2D eigenvalue weighted by molar-refractivity contribution is 0.0951. The van der Waals surface area contributed by atoms with Crippen LogP contribution in [0, 0.1) is 6.92 Å². The summed E-state index contributed by atoms with van der Waals surface area (Å²) in [4.78, 5) is 12.5. The van der Waals surface area contributed by atoms with Gasteiger partial charge in [0.2, 0.25) is 0 Å². The van der Waals surface area contributed by atoms with Crippen molar-refractivity contribution in [2.75, 3.05) is 0 Å². The molecule has 1 aliphatic rings. The Hall–Kier alpha value is -2.33. The zero-order chi connectivity index (χ0) is 18.8. The molecule has 27 heavy (non-hydrogen) atoms. The number of carbonyl (C=O) groups is 1. The highest BCUT2D eigenvalue weighted by molar-refractivity contribution is 9.10. The van der Waals surface area contributed by atoms with Crippen molar-refractivity contribution in [3.63, 3.8) is 0 Å². The Morgan fingerprint density at radius 1 is 1.07 bits per heavy atom. The van der Waals surface area contributed by atoms with E-state index in [1.54, 1.807) is 0 Å². The fraction of sp³-hybridized carbons (Fsp3) is 0.261. The van der Waals surface area contributed by atoms with Crippen LogP contribution in [-0.2, 0) is 19.4 Å². The summed E-state index contributed by atoms with van der Waals surface area (Å²) in [6.07, 6.45) is 4.86. The van der Waals surface area contributed by atoms with E-state index in [2.05, 4.69) is 50.9 Å². The average molecular weight is 423 g/mol. The summed E-state index contributed by atoms with van der Waals surface area (Å²) < 4.78 is 3.36. The molecule has 3 aromatic rings. The van der Waals surface area contributed by atoms with Gasteiger partial charge in [-0.15, -0.1) is 0 Å². The molecule has 0 bridgehead atoms. The Kier molecular flexibility index (Phi) is 5.17. The van der Waals surface area contributed by atoms with Crippen molar-refractivity contribution in [2.24, 2.45) is 0 Å². The summed E-state index contributed by atoms with van der Waals surface area (Å²) >= 11 is 3.46. The van der Waals surface area contributed by atoms with E-state index >= 15 is 0 Å². The van der Waals surface area contributed by atoms with E-state index in [1.165, 1.54) is 36.2 Å². The smallest absolute Gasteiger partial charge is 0.251 e. The molecule has 4 rings (SSSR count). The van der Waals surface area contributed by atoms with Gasteiger partial charge in [-0.2, -0.15) is 0 Å². The van der Waals surface area contributed by atoms with Crippen molar-refractivity contribution in [3.8, 4) is 5.69 Å². The van der Waals surface area contributed by atoms with Crippen molar-refractivity contribution in [2.45, 2.75) is 39.2 Å². The molecular formula is C23H23BrN2O. The molecule has 0 saturated heterocycles. The van der Waals surface area contributed by atoms with Gasteiger partial charge in [0.1, 0.15) is 0 Å². The van der Waals surface area contributed by atoms with E-state index in [0.29, 0.717) is 12.1 Å². The monoisotopic (exact) mass is 422 g/mol. The Morgan fingerprint density at radius 3 is 2.63 bits per heavy atom. The molecule has 0 aliphatic heterocycles. The lowest BCUT2D eigenvalue weighted by Crippen LogP contribution is -2.22. The normalized spacial score (nSPS) is 13.3. The highest BCUT2D eigenvalue weighted by Crippen LogP contribution is 2.28. The predicted octanol–water partition coefficient (Wildman–Crippen LogP) is 5.36. The largest absolute Gasteiger partial charge is 0.348 e. The third-order valence-electron chi connectivity index (χ3n) is 5.22. The van der Waals surface area contributed by atoms with Gasteiger partial charge in [0.25, 0.3) is 5.91 Å². The zero-order valence-electron chi connectivity index (χ0n) is 15.5. The second-order valence-electron chi connectivity index (χ2n) is 7.16. The molecule has 1 heterocycles. The minimum absolute atomic E-state index is 0.0483. The maximum atomic E-state index is 12.5. The number of benzene rings is 2. The van der Waals surface area contributed by atoms with Gasteiger partial charge in [-0.1, -0.05) is 28.1 Å². The predicted molar refractivity (Wildman–Crippen MR) is 112 cm³/mol. The van der Waals surface area contributed by atoms with Crippen molar-refractivity contribution in [1.82, 2.24) is 9.88 Å². The van der Waals surface area contributed by atoms with E-state index < -0.39 is 0 Å². The van der Waals surface area contributed by atoms with Crippen LogP contribution in [0.5, 0.6) is 0 Å². The number of carbonyl (C=O) groups excluding carboxylic acids is 1. The molecule has 1 amide bonds. The number of rotatable bonds is 4. The number of amides is 1. The average Bonchev–Trinajstić information content (AvgIpc) is 3.02. The Labute approximate surface area is 168 Å². The second-order valence-corrected chi connectivity index (χ2v) is 8.08. The molecule has 0 spiro atoms. The quantitative estimate of drug-likeness (QED) is 0.603. The number of halogens is 1. The van der Waals surface area contributed by atoms with Gasteiger partial charge >= 0.3 is 0 Å². The zero-order valence-corrected chi connectivity index (χ0v) is 17.1. The van der Waals surface area contributed by atoms with Gasteiger partial charge in [0.15, 0.2) is 0 Å². The molecular weight excluding hydrogens is 400 g/mol. The maximum Gasteiger partial charge on any atom is 0.251 e. The van der Waals surface area contributed by atoms with Crippen LogP contribution in [-0.4, -0.2) is 10.5 Å².